The number of rotatable bonds is 8. The molecule has 0 fully saturated rings. The number of thiophene rings is 1. The molecule has 2 aromatic rings. The number of hydrogen-bond acceptors (Lipinski definition) is 6. The number of unbranched alkanes of at least 4 members (excludes halogenated alkanes) is 1. The van der Waals surface area contributed by atoms with Gasteiger partial charge in [0.15, 0.2) is 11.5 Å². The maximum atomic E-state index is 12.7. The summed E-state index contributed by atoms with van der Waals surface area (Å²) < 4.78 is 10.4. The van der Waals surface area contributed by atoms with Crippen LogP contribution in [0.25, 0.3) is 0 Å². The van der Waals surface area contributed by atoms with Crippen molar-refractivity contribution < 1.29 is 23.9 Å². The van der Waals surface area contributed by atoms with Crippen molar-refractivity contribution in [3.05, 3.63) is 43.7 Å². The van der Waals surface area contributed by atoms with Gasteiger partial charge in [-0.2, -0.15) is 0 Å². The molecular weight excluding hydrogens is 437 g/mol. The number of carbonyl (C=O) groups is 3. The van der Waals surface area contributed by atoms with E-state index in [0.717, 1.165) is 24.2 Å². The van der Waals surface area contributed by atoms with Crippen LogP contribution in [0.15, 0.2) is 12.1 Å². The maximum Gasteiger partial charge on any atom is 0.341 e. The summed E-state index contributed by atoms with van der Waals surface area (Å²) in [7, 11) is 1.23. The quantitative estimate of drug-likeness (QED) is 0.308. The predicted octanol–water partition coefficient (Wildman–Crippen LogP) is 5.78. The smallest absolute Gasteiger partial charge is 0.341 e. The van der Waals surface area contributed by atoms with Gasteiger partial charge in [-0.1, -0.05) is 36.5 Å². The minimum atomic E-state index is -0.641. The second kappa shape index (κ2) is 10.1. The molecule has 0 aliphatic heterocycles. The van der Waals surface area contributed by atoms with Crippen LogP contribution in [0, 0.1) is 6.92 Å². The highest BCUT2D eigenvalue weighted by molar-refractivity contribution is 7.18. The van der Waals surface area contributed by atoms with Crippen molar-refractivity contribution in [1.29, 1.82) is 0 Å². The zero-order chi connectivity index (χ0) is 21.7. The molecule has 0 bridgehead atoms. The van der Waals surface area contributed by atoms with E-state index in [4.69, 9.17) is 32.7 Å². The fraction of sp³-hybridized carbons (Fsp3) is 0.350. The van der Waals surface area contributed by atoms with E-state index in [9.17, 15) is 14.4 Å². The Labute approximate surface area is 183 Å². The standard InChI is InChI=1S/C20H21Cl2NO5S/c1-5-6-7-28-16-13(21)8-12(9-14(16)22)18(25)23-19-15(20(26)27-4)10(2)17(29-19)11(3)24/h8-9H,5-7H2,1-4H3,(H,23,25). The summed E-state index contributed by atoms with van der Waals surface area (Å²) in [4.78, 5) is 37.1. The normalized spacial score (nSPS) is 10.6. The van der Waals surface area contributed by atoms with Gasteiger partial charge in [-0.05, 0) is 38.0 Å². The Balaban J connectivity index is 2.34. The summed E-state index contributed by atoms with van der Waals surface area (Å²) in [5.41, 5.74) is 0.794. The zero-order valence-corrected chi connectivity index (χ0v) is 18.8. The molecule has 156 valence electrons. The van der Waals surface area contributed by atoms with E-state index in [2.05, 4.69) is 5.32 Å². The molecule has 9 heteroatoms. The van der Waals surface area contributed by atoms with Gasteiger partial charge in [-0.25, -0.2) is 4.79 Å². The van der Waals surface area contributed by atoms with E-state index in [0.29, 0.717) is 22.8 Å². The van der Waals surface area contributed by atoms with Gasteiger partial charge in [0.25, 0.3) is 5.91 Å². The molecule has 0 aliphatic carbocycles. The molecule has 29 heavy (non-hydrogen) atoms. The highest BCUT2D eigenvalue weighted by Gasteiger charge is 2.25. The highest BCUT2D eigenvalue weighted by atomic mass is 35.5. The number of ketones is 1. The minimum absolute atomic E-state index is 0.146. The first-order chi connectivity index (χ1) is 13.7. The van der Waals surface area contributed by atoms with Gasteiger partial charge < -0.3 is 14.8 Å². The first-order valence-electron chi connectivity index (χ1n) is 8.87. The maximum absolute atomic E-state index is 12.7. The molecule has 1 amide bonds. The number of carbonyl (C=O) groups excluding carboxylic acids is 3. The molecule has 0 unspecified atom stereocenters. The Morgan fingerprint density at radius 3 is 2.31 bits per heavy atom. The molecule has 0 spiro atoms. The monoisotopic (exact) mass is 457 g/mol. The molecule has 1 heterocycles. The number of hydrogen-bond donors (Lipinski definition) is 1. The van der Waals surface area contributed by atoms with Gasteiger partial charge in [0.05, 0.1) is 34.2 Å². The van der Waals surface area contributed by atoms with E-state index < -0.39 is 11.9 Å². The summed E-state index contributed by atoms with van der Waals surface area (Å²) in [5.74, 6) is -1.06. The van der Waals surface area contributed by atoms with Crippen LogP contribution in [0.4, 0.5) is 5.00 Å². The van der Waals surface area contributed by atoms with E-state index in [-0.39, 0.29) is 32.0 Å². The summed E-state index contributed by atoms with van der Waals surface area (Å²) in [6, 6.07) is 2.88. The second-order valence-electron chi connectivity index (χ2n) is 6.23. The number of anilines is 1. The average molecular weight is 458 g/mol. The van der Waals surface area contributed by atoms with Crippen LogP contribution in [0.3, 0.4) is 0 Å². The van der Waals surface area contributed by atoms with Crippen LogP contribution < -0.4 is 10.1 Å². The summed E-state index contributed by atoms with van der Waals surface area (Å²) in [5, 5.41) is 3.29. The number of esters is 1. The lowest BCUT2D eigenvalue weighted by molar-refractivity contribution is 0.0601. The Morgan fingerprint density at radius 1 is 1.17 bits per heavy atom. The van der Waals surface area contributed by atoms with Crippen molar-refractivity contribution in [1.82, 2.24) is 0 Å². The Hall–Kier alpha value is -2.09. The van der Waals surface area contributed by atoms with Gasteiger partial charge in [-0.15, -0.1) is 11.3 Å². The third-order valence-corrected chi connectivity index (χ3v) is 5.96. The van der Waals surface area contributed by atoms with Crippen LogP contribution in [0.5, 0.6) is 5.75 Å². The molecule has 2 rings (SSSR count). The average Bonchev–Trinajstić information content (AvgIpc) is 2.99. The first kappa shape index (κ1) is 23.2. The predicted molar refractivity (Wildman–Crippen MR) is 115 cm³/mol. The number of Topliss-reactive ketones (excluding diaryl/α,β-unsaturated/α-hetero) is 1. The van der Waals surface area contributed by atoms with Crippen molar-refractivity contribution >= 4 is 57.2 Å². The molecule has 0 saturated carbocycles. The van der Waals surface area contributed by atoms with Gasteiger partial charge in [-0.3, -0.25) is 9.59 Å². The number of nitrogens with one attached hydrogen (secondary N) is 1. The van der Waals surface area contributed by atoms with Crippen molar-refractivity contribution in [3.8, 4) is 5.75 Å². The highest BCUT2D eigenvalue weighted by Crippen LogP contribution is 2.37. The molecule has 1 aromatic carbocycles. The number of benzene rings is 1. The molecule has 0 radical (unpaired) electrons. The van der Waals surface area contributed by atoms with Gasteiger partial charge in [0.1, 0.15) is 5.00 Å². The molecule has 0 atom stereocenters. The van der Waals surface area contributed by atoms with Crippen LogP contribution in [-0.4, -0.2) is 31.4 Å². The van der Waals surface area contributed by atoms with Crippen molar-refractivity contribution in [2.24, 2.45) is 0 Å². The summed E-state index contributed by atoms with van der Waals surface area (Å²) in [6.07, 6.45) is 1.81. The fourth-order valence-electron chi connectivity index (χ4n) is 2.61. The van der Waals surface area contributed by atoms with Crippen LogP contribution in [0.1, 0.15) is 62.6 Å². The summed E-state index contributed by atoms with van der Waals surface area (Å²) in [6.45, 7) is 5.52. The molecular formula is C20H21Cl2NO5S. The number of halogens is 2. The molecule has 1 N–H and O–H groups in total. The van der Waals surface area contributed by atoms with E-state index in [1.807, 2.05) is 6.92 Å². The lowest BCUT2D eigenvalue weighted by Crippen LogP contribution is -2.14. The van der Waals surface area contributed by atoms with Crippen molar-refractivity contribution in [3.63, 3.8) is 0 Å². The van der Waals surface area contributed by atoms with Crippen molar-refractivity contribution in [2.75, 3.05) is 19.0 Å². The number of amides is 1. The van der Waals surface area contributed by atoms with Gasteiger partial charge >= 0.3 is 5.97 Å². The molecule has 0 saturated heterocycles. The Morgan fingerprint density at radius 2 is 1.79 bits per heavy atom. The third-order valence-electron chi connectivity index (χ3n) is 4.09. The van der Waals surface area contributed by atoms with E-state index in [1.54, 1.807) is 6.92 Å². The fourth-order valence-corrected chi connectivity index (χ4v) is 4.29. The third kappa shape index (κ3) is 5.29. The lowest BCUT2D eigenvalue weighted by atomic mass is 10.1. The van der Waals surface area contributed by atoms with Crippen LogP contribution in [0.2, 0.25) is 10.0 Å². The SMILES string of the molecule is CCCCOc1c(Cl)cc(C(=O)Nc2sc(C(C)=O)c(C)c2C(=O)OC)cc1Cl. The van der Waals surface area contributed by atoms with Crippen molar-refractivity contribution in [2.45, 2.75) is 33.6 Å². The summed E-state index contributed by atoms with van der Waals surface area (Å²) >= 11 is 13.5. The second-order valence-corrected chi connectivity index (χ2v) is 8.07. The zero-order valence-electron chi connectivity index (χ0n) is 16.5. The topological polar surface area (TPSA) is 81.7 Å². The van der Waals surface area contributed by atoms with Gasteiger partial charge in [0.2, 0.25) is 0 Å². The van der Waals surface area contributed by atoms with Crippen LogP contribution >= 0.6 is 34.5 Å². The minimum Gasteiger partial charge on any atom is -0.490 e. The molecule has 6 nitrogen and oxygen atoms in total. The van der Waals surface area contributed by atoms with E-state index in [1.165, 1.54) is 26.2 Å². The lowest BCUT2D eigenvalue weighted by Gasteiger charge is -2.12. The van der Waals surface area contributed by atoms with E-state index >= 15 is 0 Å². The molecule has 1 aromatic heterocycles. The Kier molecular flexibility index (Phi) is 8.07. The first-order valence-corrected chi connectivity index (χ1v) is 10.4. The van der Waals surface area contributed by atoms with Gasteiger partial charge in [0, 0.05) is 5.56 Å². The molecule has 0 aliphatic rings. The Bertz CT molecular complexity index is 932. The number of ether oxygens (including phenoxy) is 2. The van der Waals surface area contributed by atoms with Crippen LogP contribution in [-0.2, 0) is 4.74 Å². The number of methoxy groups -OCH3 is 1. The largest absolute Gasteiger partial charge is 0.490 e.